The van der Waals surface area contributed by atoms with Gasteiger partial charge in [-0.3, -0.25) is 4.79 Å². The molecule has 1 fully saturated rings. The highest BCUT2D eigenvalue weighted by atomic mass is 16.6. The zero-order valence-corrected chi connectivity index (χ0v) is 9.77. The normalized spacial score (nSPS) is 27.6. The van der Waals surface area contributed by atoms with Gasteiger partial charge < -0.3 is 14.6 Å². The molecule has 0 radical (unpaired) electrons. The fourth-order valence-corrected chi connectivity index (χ4v) is 2.42. The molecular weight excluding hydrogens is 220 g/mol. The van der Waals surface area contributed by atoms with E-state index in [1.165, 1.54) is 0 Å². The molecular formula is C13H14O4. The van der Waals surface area contributed by atoms with Crippen LogP contribution in [0.4, 0.5) is 0 Å². The third-order valence-corrected chi connectivity index (χ3v) is 3.29. The number of carbonyl (C=O) groups is 1. The summed E-state index contributed by atoms with van der Waals surface area (Å²) < 4.78 is 11.5. The number of benzene rings is 1. The van der Waals surface area contributed by atoms with Crippen LogP contribution in [0.15, 0.2) is 18.2 Å². The van der Waals surface area contributed by atoms with Crippen LogP contribution in [-0.4, -0.2) is 22.8 Å². The van der Waals surface area contributed by atoms with Gasteiger partial charge >= 0.3 is 5.97 Å². The summed E-state index contributed by atoms with van der Waals surface area (Å²) in [5.41, 5.74) is 1.47. The summed E-state index contributed by atoms with van der Waals surface area (Å²) in [5, 5.41) is 8.77. The molecule has 0 spiro atoms. The van der Waals surface area contributed by atoms with Gasteiger partial charge in [-0.25, -0.2) is 0 Å². The largest absolute Gasteiger partial charge is 0.485 e. The molecule has 0 unspecified atom stereocenters. The van der Waals surface area contributed by atoms with Crippen LogP contribution < -0.4 is 4.74 Å². The van der Waals surface area contributed by atoms with Crippen LogP contribution in [0.2, 0.25) is 0 Å². The summed E-state index contributed by atoms with van der Waals surface area (Å²) >= 11 is 0. The Balaban J connectivity index is 1.95. The molecule has 3 rings (SSSR count). The highest BCUT2D eigenvalue weighted by Gasteiger charge is 2.56. The first kappa shape index (κ1) is 10.6. The lowest BCUT2D eigenvalue weighted by molar-refractivity contribution is -0.136. The van der Waals surface area contributed by atoms with E-state index >= 15 is 0 Å². The highest BCUT2D eigenvalue weighted by molar-refractivity contribution is 5.70. The third kappa shape index (κ3) is 1.69. The maximum absolute atomic E-state index is 10.7. The van der Waals surface area contributed by atoms with Crippen LogP contribution in [0, 0.1) is 0 Å². The zero-order valence-electron chi connectivity index (χ0n) is 9.77. The van der Waals surface area contributed by atoms with Gasteiger partial charge in [0, 0.05) is 5.56 Å². The van der Waals surface area contributed by atoms with Crippen molar-refractivity contribution in [1.82, 2.24) is 0 Å². The topological polar surface area (TPSA) is 59.1 Å². The number of fused-ring (bicyclic) bond motifs is 3. The first-order chi connectivity index (χ1) is 7.97. The molecule has 2 aliphatic rings. The minimum absolute atomic E-state index is 0.0358. The number of hydrogen-bond acceptors (Lipinski definition) is 3. The number of rotatable bonds is 2. The number of carboxylic acids is 1. The molecule has 0 aromatic heterocycles. The summed E-state index contributed by atoms with van der Waals surface area (Å²) in [5.74, 6) is -0.0156. The number of ether oxygens (including phenoxy) is 2. The van der Waals surface area contributed by atoms with Crippen molar-refractivity contribution in [2.24, 2.45) is 0 Å². The molecule has 2 aliphatic heterocycles. The van der Waals surface area contributed by atoms with Crippen molar-refractivity contribution in [3.05, 3.63) is 29.3 Å². The van der Waals surface area contributed by atoms with Gasteiger partial charge in [0.1, 0.15) is 23.6 Å². The first-order valence-corrected chi connectivity index (χ1v) is 5.66. The van der Waals surface area contributed by atoms with E-state index in [2.05, 4.69) is 0 Å². The highest BCUT2D eigenvalue weighted by Crippen LogP contribution is 2.53. The molecule has 1 saturated heterocycles. The number of carboxylic acid groups (broad SMARTS) is 1. The average molecular weight is 234 g/mol. The van der Waals surface area contributed by atoms with Gasteiger partial charge in [-0.05, 0) is 31.5 Å². The van der Waals surface area contributed by atoms with Gasteiger partial charge in [0.25, 0.3) is 0 Å². The molecule has 1 aromatic rings. The Bertz CT molecular complexity index is 492. The quantitative estimate of drug-likeness (QED) is 0.794. The predicted octanol–water partition coefficient (Wildman–Crippen LogP) is 1.92. The van der Waals surface area contributed by atoms with Gasteiger partial charge in [0.05, 0.1) is 6.42 Å². The summed E-state index contributed by atoms with van der Waals surface area (Å²) in [6.45, 7) is 4.01. The Morgan fingerprint density at radius 1 is 1.47 bits per heavy atom. The van der Waals surface area contributed by atoms with E-state index < -0.39 is 5.97 Å². The van der Waals surface area contributed by atoms with Crippen molar-refractivity contribution in [2.45, 2.75) is 38.1 Å². The van der Waals surface area contributed by atoms with Crippen molar-refractivity contribution in [2.75, 3.05) is 0 Å². The molecule has 17 heavy (non-hydrogen) atoms. The number of epoxide rings is 1. The molecule has 90 valence electrons. The molecule has 1 N–H and O–H groups in total. The first-order valence-electron chi connectivity index (χ1n) is 5.66. The van der Waals surface area contributed by atoms with Gasteiger partial charge in [-0.15, -0.1) is 0 Å². The fourth-order valence-electron chi connectivity index (χ4n) is 2.42. The molecule has 1 aromatic carbocycles. The van der Waals surface area contributed by atoms with Gasteiger partial charge in [0.15, 0.2) is 0 Å². The average Bonchev–Trinajstić information content (AvgIpc) is 2.98. The molecule has 0 saturated carbocycles. The Morgan fingerprint density at radius 3 is 2.94 bits per heavy atom. The number of hydrogen-bond donors (Lipinski definition) is 1. The van der Waals surface area contributed by atoms with E-state index in [1.54, 1.807) is 6.07 Å². The molecule has 0 bridgehead atoms. The summed E-state index contributed by atoms with van der Waals surface area (Å²) in [7, 11) is 0. The van der Waals surface area contributed by atoms with Gasteiger partial charge in [-0.1, -0.05) is 6.07 Å². The standard InChI is InChI=1S/C13H14O4/c1-13(2)12-11(16-12)8-5-7(6-10(14)15)3-4-9(8)17-13/h3-5,11-12H,6H2,1-2H3,(H,14,15)/t11-,12-/m0/s1. The zero-order chi connectivity index (χ0) is 12.2. The van der Waals surface area contributed by atoms with Gasteiger partial charge in [-0.2, -0.15) is 0 Å². The number of aliphatic carboxylic acids is 1. The molecule has 0 aliphatic carbocycles. The van der Waals surface area contributed by atoms with Crippen molar-refractivity contribution >= 4 is 5.97 Å². The minimum atomic E-state index is -0.824. The van der Waals surface area contributed by atoms with Crippen molar-refractivity contribution < 1.29 is 19.4 Å². The minimum Gasteiger partial charge on any atom is -0.485 e. The predicted molar refractivity (Wildman–Crippen MR) is 60.1 cm³/mol. The maximum atomic E-state index is 10.7. The Labute approximate surface area is 99.2 Å². The van der Waals surface area contributed by atoms with Crippen molar-refractivity contribution in [3.63, 3.8) is 0 Å². The second-order valence-corrected chi connectivity index (χ2v) is 5.13. The summed E-state index contributed by atoms with van der Waals surface area (Å²) in [6, 6.07) is 5.52. The Kier molecular flexibility index (Phi) is 2.01. The molecule has 4 heteroatoms. The van der Waals surface area contributed by atoms with E-state index in [0.29, 0.717) is 0 Å². The molecule has 4 nitrogen and oxygen atoms in total. The van der Waals surface area contributed by atoms with E-state index in [9.17, 15) is 4.79 Å². The summed E-state index contributed by atoms with van der Waals surface area (Å²) in [6.07, 6.45) is 0.200. The van der Waals surface area contributed by atoms with Crippen LogP contribution in [0.5, 0.6) is 5.75 Å². The lowest BCUT2D eigenvalue weighted by Gasteiger charge is -2.29. The second-order valence-electron chi connectivity index (χ2n) is 5.13. The van der Waals surface area contributed by atoms with Crippen molar-refractivity contribution in [3.8, 4) is 5.75 Å². The van der Waals surface area contributed by atoms with Crippen LogP contribution in [0.1, 0.15) is 31.1 Å². The molecule has 2 heterocycles. The lowest BCUT2D eigenvalue weighted by atomic mass is 9.93. The van der Waals surface area contributed by atoms with E-state index in [0.717, 1.165) is 16.9 Å². The SMILES string of the molecule is CC1(C)Oc2ccc(CC(=O)O)cc2[C@@H]2O[C@@H]21. The molecule has 0 amide bonds. The van der Waals surface area contributed by atoms with E-state index in [4.69, 9.17) is 14.6 Å². The monoisotopic (exact) mass is 234 g/mol. The smallest absolute Gasteiger partial charge is 0.307 e. The van der Waals surface area contributed by atoms with E-state index in [-0.39, 0.29) is 24.2 Å². The van der Waals surface area contributed by atoms with Crippen LogP contribution in [-0.2, 0) is 16.0 Å². The Hall–Kier alpha value is -1.55. The fraction of sp³-hybridized carbons (Fsp3) is 0.462. The lowest BCUT2D eigenvalue weighted by Crippen LogP contribution is -2.37. The van der Waals surface area contributed by atoms with Gasteiger partial charge in [0.2, 0.25) is 0 Å². The van der Waals surface area contributed by atoms with E-state index in [1.807, 2.05) is 26.0 Å². The van der Waals surface area contributed by atoms with Crippen LogP contribution in [0.3, 0.4) is 0 Å². The van der Waals surface area contributed by atoms with Crippen LogP contribution in [0.25, 0.3) is 0 Å². The maximum Gasteiger partial charge on any atom is 0.307 e. The van der Waals surface area contributed by atoms with Crippen molar-refractivity contribution in [1.29, 1.82) is 0 Å². The second kappa shape index (κ2) is 3.23. The Morgan fingerprint density at radius 2 is 2.24 bits per heavy atom. The summed E-state index contributed by atoms with van der Waals surface area (Å²) in [4.78, 5) is 10.7. The molecule has 2 atom stereocenters. The van der Waals surface area contributed by atoms with Crippen LogP contribution >= 0.6 is 0 Å². The third-order valence-electron chi connectivity index (χ3n) is 3.29.